The number of hydrogen-bond acceptors (Lipinski definition) is 2. The highest BCUT2D eigenvalue weighted by Crippen LogP contribution is 2.06. The lowest BCUT2D eigenvalue weighted by atomic mass is 10.1. The van der Waals surface area contributed by atoms with E-state index in [0.717, 1.165) is 38.5 Å². The van der Waals surface area contributed by atoms with Gasteiger partial charge >= 0.3 is 5.97 Å². The van der Waals surface area contributed by atoms with Crippen molar-refractivity contribution in [3.63, 3.8) is 0 Å². The topological polar surface area (TPSA) is 26.3 Å². The second-order valence-corrected chi connectivity index (χ2v) is 5.55. The van der Waals surface area contributed by atoms with E-state index in [4.69, 9.17) is 4.74 Å². The molecule has 0 saturated heterocycles. The lowest BCUT2D eigenvalue weighted by Gasteiger charge is -2.01. The van der Waals surface area contributed by atoms with E-state index in [9.17, 15) is 4.79 Å². The van der Waals surface area contributed by atoms with Crippen molar-refractivity contribution in [1.82, 2.24) is 0 Å². The Balaban J connectivity index is 3.49. The van der Waals surface area contributed by atoms with Crippen LogP contribution in [-0.4, -0.2) is 12.6 Å². The minimum atomic E-state index is -0.0680. The molecule has 0 rings (SSSR count). The zero-order valence-corrected chi connectivity index (χ0v) is 15.5. The molecule has 134 valence electrons. The van der Waals surface area contributed by atoms with Crippen LogP contribution in [0.5, 0.6) is 0 Å². The largest absolute Gasteiger partial charge is 0.466 e. The molecule has 0 aliphatic rings. The van der Waals surface area contributed by atoms with Gasteiger partial charge in [-0.25, -0.2) is 0 Å². The van der Waals surface area contributed by atoms with E-state index in [2.05, 4.69) is 49.1 Å². The Labute approximate surface area is 148 Å². The van der Waals surface area contributed by atoms with Gasteiger partial charge in [-0.3, -0.25) is 4.79 Å². The summed E-state index contributed by atoms with van der Waals surface area (Å²) in [4.78, 5) is 11.1. The van der Waals surface area contributed by atoms with Gasteiger partial charge in [-0.15, -0.1) is 5.73 Å². The highest BCUT2D eigenvalue weighted by Gasteiger charge is 1.99. The predicted octanol–water partition coefficient (Wildman–Crippen LogP) is 6.46. The molecule has 2 heteroatoms. The molecule has 0 aliphatic carbocycles. The second kappa shape index (κ2) is 19.3. The van der Waals surface area contributed by atoms with Gasteiger partial charge in [-0.05, 0) is 57.6 Å². The molecule has 0 unspecified atom stereocenters. The van der Waals surface area contributed by atoms with Crippen molar-refractivity contribution in [2.45, 2.75) is 71.6 Å². The Morgan fingerprint density at radius 2 is 1.67 bits per heavy atom. The summed E-state index contributed by atoms with van der Waals surface area (Å²) in [6, 6.07) is 0. The Hall–Kier alpha value is -1.79. The number of hydrogen-bond donors (Lipinski definition) is 0. The maximum Gasteiger partial charge on any atom is 0.305 e. The first-order chi connectivity index (χ1) is 11.8. The smallest absolute Gasteiger partial charge is 0.305 e. The van der Waals surface area contributed by atoms with Crippen LogP contribution >= 0.6 is 0 Å². The quantitative estimate of drug-likeness (QED) is 0.120. The first-order valence-electron chi connectivity index (χ1n) is 9.32. The van der Waals surface area contributed by atoms with Gasteiger partial charge < -0.3 is 4.74 Å². The normalized spacial score (nSPS) is 11.2. The fourth-order valence-corrected chi connectivity index (χ4v) is 2.08. The van der Waals surface area contributed by atoms with E-state index in [0.29, 0.717) is 13.0 Å². The number of ether oxygens (including phenoxy) is 1. The lowest BCUT2D eigenvalue weighted by Crippen LogP contribution is -2.02. The molecule has 0 aromatic heterocycles. The van der Waals surface area contributed by atoms with Crippen LogP contribution in [0.1, 0.15) is 71.6 Å². The van der Waals surface area contributed by atoms with Crippen LogP contribution < -0.4 is 0 Å². The molecule has 0 saturated carbocycles. The zero-order chi connectivity index (χ0) is 17.7. The molecule has 2 nitrogen and oxygen atoms in total. The van der Waals surface area contributed by atoms with Gasteiger partial charge in [-0.2, -0.15) is 0 Å². The van der Waals surface area contributed by atoms with E-state index >= 15 is 0 Å². The Morgan fingerprint density at radius 3 is 2.46 bits per heavy atom. The van der Waals surface area contributed by atoms with Crippen molar-refractivity contribution in [2.24, 2.45) is 0 Å². The molecule has 24 heavy (non-hydrogen) atoms. The Kier molecular flexibility index (Phi) is 17.8. The van der Waals surface area contributed by atoms with Gasteiger partial charge in [0.1, 0.15) is 0 Å². The Morgan fingerprint density at radius 1 is 0.917 bits per heavy atom. The maximum atomic E-state index is 11.1. The molecule has 0 aromatic carbocycles. The summed E-state index contributed by atoms with van der Waals surface area (Å²) >= 11 is 0. The number of unbranched alkanes of at least 4 members (excludes halogenated alkanes) is 4. The number of allylic oxidation sites excluding steroid dienone is 7. The minimum Gasteiger partial charge on any atom is -0.466 e. The molecular formula is C22H34O2. The van der Waals surface area contributed by atoms with E-state index in [-0.39, 0.29) is 5.97 Å². The summed E-state index contributed by atoms with van der Waals surface area (Å²) in [7, 11) is 0. The average molecular weight is 331 g/mol. The van der Waals surface area contributed by atoms with Gasteiger partial charge in [0, 0.05) is 6.42 Å². The molecule has 0 radical (unpaired) electrons. The van der Waals surface area contributed by atoms with Crippen LogP contribution in [0.4, 0.5) is 0 Å². The predicted molar refractivity (Wildman–Crippen MR) is 104 cm³/mol. The van der Waals surface area contributed by atoms with Crippen molar-refractivity contribution in [3.05, 3.63) is 54.3 Å². The minimum absolute atomic E-state index is 0.0680. The molecular weight excluding hydrogens is 296 g/mol. The maximum absolute atomic E-state index is 11.1. The molecule has 0 amide bonds. The number of esters is 1. The summed E-state index contributed by atoms with van der Waals surface area (Å²) < 4.78 is 4.90. The standard InChI is InChI=1S/C22H34O2/c1-3-5-6-7-8-9-10-11-12-13-14-15-16-17-18-19-20-21-22(23)24-4-2/h5-6,8-9,11,13-15H,3-4,7,10,16-21H2,1-2H3/b6-5+,9-8+,15-14+. The van der Waals surface area contributed by atoms with Crippen molar-refractivity contribution in [2.75, 3.05) is 6.61 Å². The van der Waals surface area contributed by atoms with Crippen molar-refractivity contribution in [3.8, 4) is 0 Å². The van der Waals surface area contributed by atoms with Crippen molar-refractivity contribution in [1.29, 1.82) is 0 Å². The first kappa shape index (κ1) is 22.2. The third kappa shape index (κ3) is 18.3. The second-order valence-electron chi connectivity index (χ2n) is 5.55. The van der Waals surface area contributed by atoms with Gasteiger partial charge in [0.15, 0.2) is 0 Å². The van der Waals surface area contributed by atoms with Crippen LogP contribution in [0.3, 0.4) is 0 Å². The third-order valence-electron chi connectivity index (χ3n) is 3.35. The lowest BCUT2D eigenvalue weighted by molar-refractivity contribution is -0.143. The third-order valence-corrected chi connectivity index (χ3v) is 3.35. The summed E-state index contributed by atoms with van der Waals surface area (Å²) in [5.41, 5.74) is 3.17. The summed E-state index contributed by atoms with van der Waals surface area (Å²) in [6.07, 6.45) is 26.0. The fraction of sp³-hybridized carbons (Fsp3) is 0.545. The van der Waals surface area contributed by atoms with E-state index in [1.54, 1.807) is 0 Å². The average Bonchev–Trinajstić information content (AvgIpc) is 2.58. The number of carbonyl (C=O) groups excluding carboxylic acids is 1. The van der Waals surface area contributed by atoms with E-state index in [1.807, 2.05) is 19.1 Å². The molecule has 0 atom stereocenters. The van der Waals surface area contributed by atoms with E-state index < -0.39 is 0 Å². The zero-order valence-electron chi connectivity index (χ0n) is 15.5. The highest BCUT2D eigenvalue weighted by atomic mass is 16.5. The first-order valence-corrected chi connectivity index (χ1v) is 9.32. The SMILES string of the molecule is CC/C=C/C/C=C/CC=C=C/C=C/CCCCCCC(=O)OCC. The Bertz CT molecular complexity index is 435. The molecule has 0 aliphatic heterocycles. The van der Waals surface area contributed by atoms with Crippen LogP contribution in [0, 0.1) is 0 Å². The van der Waals surface area contributed by atoms with Gasteiger partial charge in [0.05, 0.1) is 6.61 Å². The molecule has 0 heterocycles. The monoisotopic (exact) mass is 330 g/mol. The molecule has 0 spiro atoms. The van der Waals surface area contributed by atoms with E-state index in [1.165, 1.54) is 12.8 Å². The van der Waals surface area contributed by atoms with Gasteiger partial charge in [0.25, 0.3) is 0 Å². The highest BCUT2D eigenvalue weighted by molar-refractivity contribution is 5.69. The summed E-state index contributed by atoms with van der Waals surface area (Å²) in [6.45, 7) is 4.47. The van der Waals surface area contributed by atoms with Crippen LogP contribution in [-0.2, 0) is 9.53 Å². The summed E-state index contributed by atoms with van der Waals surface area (Å²) in [5, 5.41) is 0. The van der Waals surface area contributed by atoms with Crippen molar-refractivity contribution >= 4 is 5.97 Å². The molecule has 0 N–H and O–H groups in total. The van der Waals surface area contributed by atoms with Crippen LogP contribution in [0.25, 0.3) is 0 Å². The molecule has 0 fully saturated rings. The van der Waals surface area contributed by atoms with Crippen molar-refractivity contribution < 1.29 is 9.53 Å². The number of carbonyl (C=O) groups is 1. The fourth-order valence-electron chi connectivity index (χ4n) is 2.08. The summed E-state index contributed by atoms with van der Waals surface area (Å²) in [5.74, 6) is -0.0680. The number of rotatable bonds is 14. The van der Waals surface area contributed by atoms with Gasteiger partial charge in [0.2, 0.25) is 0 Å². The molecule has 0 aromatic rings. The van der Waals surface area contributed by atoms with Gasteiger partial charge in [-0.1, -0.05) is 56.2 Å². The molecule has 0 bridgehead atoms. The van der Waals surface area contributed by atoms with Crippen LogP contribution in [0.15, 0.2) is 54.3 Å². The van der Waals surface area contributed by atoms with Crippen LogP contribution in [0.2, 0.25) is 0 Å².